The van der Waals surface area contributed by atoms with Crippen LogP contribution in [0.2, 0.25) is 0 Å². The van der Waals surface area contributed by atoms with Crippen molar-refractivity contribution in [3.63, 3.8) is 0 Å². The van der Waals surface area contributed by atoms with Gasteiger partial charge < -0.3 is 5.11 Å². The van der Waals surface area contributed by atoms with Gasteiger partial charge in [-0.25, -0.2) is 0 Å². The summed E-state index contributed by atoms with van der Waals surface area (Å²) in [6.45, 7) is 4.71. The van der Waals surface area contributed by atoms with Gasteiger partial charge in [-0.15, -0.1) is 0 Å². The Morgan fingerprint density at radius 3 is 1.57 bits per heavy atom. The molecule has 0 aromatic rings. The highest BCUT2D eigenvalue weighted by molar-refractivity contribution is 5.76. The smallest absolute Gasteiger partial charge is 0.132 e. The summed E-state index contributed by atoms with van der Waals surface area (Å²) in [4.78, 5) is 10.3. The number of ketones is 1. The van der Waals surface area contributed by atoms with E-state index in [1.54, 1.807) is 13.8 Å². The Labute approximate surface area is 83.9 Å². The molecule has 0 amide bonds. The highest BCUT2D eigenvalue weighted by Crippen LogP contribution is 2.06. The Kier molecular flexibility index (Phi) is 3.06. The van der Waals surface area contributed by atoms with Crippen molar-refractivity contribution in [2.45, 2.75) is 32.8 Å². The lowest BCUT2D eigenvalue weighted by atomic mass is 10.0. The molecule has 2 aliphatic rings. The SMILES string of the molecule is CC(=O)CC(C)(C)O.c1cc2ccc1=2. The van der Waals surface area contributed by atoms with E-state index in [0.29, 0.717) is 0 Å². The summed E-state index contributed by atoms with van der Waals surface area (Å²) in [5, 5.41) is 11.8. The van der Waals surface area contributed by atoms with Crippen molar-refractivity contribution >= 4 is 5.78 Å². The van der Waals surface area contributed by atoms with Crippen molar-refractivity contribution in [2.24, 2.45) is 0 Å². The average Bonchev–Trinajstić information content (AvgIpc) is 1.92. The summed E-state index contributed by atoms with van der Waals surface area (Å²) in [5.74, 6) is 0.0255. The molecule has 0 aliphatic heterocycles. The van der Waals surface area contributed by atoms with Gasteiger partial charge >= 0.3 is 0 Å². The Morgan fingerprint density at radius 2 is 1.57 bits per heavy atom. The molecule has 2 aliphatic carbocycles. The fourth-order valence-corrected chi connectivity index (χ4v) is 1.27. The van der Waals surface area contributed by atoms with E-state index in [2.05, 4.69) is 24.3 Å². The standard InChI is InChI=1S/C6H12O2.C6H4/c1-5(7)4-6(2,3)8;1-2-6-4-3-5(1)6/h8H,4H2,1-3H3;1-4H. The molecule has 0 radical (unpaired) electrons. The molecule has 0 saturated carbocycles. The second-order valence-electron chi connectivity index (χ2n) is 4.27. The van der Waals surface area contributed by atoms with Gasteiger partial charge in [0.05, 0.1) is 5.60 Å². The van der Waals surface area contributed by atoms with E-state index >= 15 is 0 Å². The fraction of sp³-hybridized carbons (Fsp3) is 0.417. The van der Waals surface area contributed by atoms with Crippen LogP contribution in [0.4, 0.5) is 0 Å². The molecule has 2 rings (SSSR count). The lowest BCUT2D eigenvalue weighted by molar-refractivity contribution is -0.120. The molecule has 14 heavy (non-hydrogen) atoms. The van der Waals surface area contributed by atoms with Crippen molar-refractivity contribution in [2.75, 3.05) is 0 Å². The van der Waals surface area contributed by atoms with Crippen molar-refractivity contribution < 1.29 is 9.90 Å². The largest absolute Gasteiger partial charge is 0.390 e. The van der Waals surface area contributed by atoms with Crippen LogP contribution in [-0.2, 0) is 4.79 Å². The van der Waals surface area contributed by atoms with Crippen LogP contribution in [0.3, 0.4) is 0 Å². The molecule has 0 saturated heterocycles. The normalized spacial score (nSPS) is 11.4. The van der Waals surface area contributed by atoms with Crippen LogP contribution < -0.4 is 0 Å². The number of rotatable bonds is 2. The van der Waals surface area contributed by atoms with Gasteiger partial charge in [-0.3, -0.25) is 4.79 Å². The molecule has 0 unspecified atom stereocenters. The number of carbonyl (C=O) groups is 1. The molecule has 0 aromatic heterocycles. The minimum absolute atomic E-state index is 0.0255. The summed E-state index contributed by atoms with van der Waals surface area (Å²) in [7, 11) is 0. The third-order valence-electron chi connectivity index (χ3n) is 1.90. The van der Waals surface area contributed by atoms with Gasteiger partial charge in [0.2, 0.25) is 0 Å². The second kappa shape index (κ2) is 3.93. The Bertz CT molecular complexity index is 362. The number of hydrogen-bond donors (Lipinski definition) is 1. The van der Waals surface area contributed by atoms with Crippen LogP contribution in [0.5, 0.6) is 0 Å². The molecular weight excluding hydrogens is 176 g/mol. The zero-order valence-electron chi connectivity index (χ0n) is 8.87. The third-order valence-corrected chi connectivity index (χ3v) is 1.90. The molecule has 76 valence electrons. The first-order valence-electron chi connectivity index (χ1n) is 4.71. The number of Topliss-reactive ketones (excluding diaryl/α,β-unsaturated/α-hetero) is 1. The highest BCUT2D eigenvalue weighted by atomic mass is 16.3. The summed E-state index contributed by atoms with van der Waals surface area (Å²) >= 11 is 0. The van der Waals surface area contributed by atoms with Crippen molar-refractivity contribution in [3.05, 3.63) is 34.7 Å². The maximum Gasteiger partial charge on any atom is 0.132 e. The zero-order valence-corrected chi connectivity index (χ0v) is 8.87. The van der Waals surface area contributed by atoms with E-state index in [9.17, 15) is 4.79 Å². The monoisotopic (exact) mass is 192 g/mol. The van der Waals surface area contributed by atoms with Crippen molar-refractivity contribution in [1.29, 1.82) is 0 Å². The van der Waals surface area contributed by atoms with Crippen LogP contribution in [0.15, 0.2) is 24.3 Å². The molecule has 2 heteroatoms. The predicted octanol–water partition coefficient (Wildman–Crippen LogP) is 2.02. The maximum absolute atomic E-state index is 10.3. The van der Waals surface area contributed by atoms with Crippen LogP contribution in [0.1, 0.15) is 27.2 Å². The van der Waals surface area contributed by atoms with Crippen LogP contribution in [0.25, 0.3) is 0 Å². The van der Waals surface area contributed by atoms with Gasteiger partial charge in [0.25, 0.3) is 0 Å². The van der Waals surface area contributed by atoms with Crippen molar-refractivity contribution in [3.8, 4) is 0 Å². The van der Waals surface area contributed by atoms with Crippen LogP contribution in [0, 0.1) is 10.4 Å². The molecule has 2 nitrogen and oxygen atoms in total. The first-order chi connectivity index (χ1) is 6.38. The van der Waals surface area contributed by atoms with Crippen LogP contribution >= 0.6 is 0 Å². The number of hydrogen-bond acceptors (Lipinski definition) is 2. The Morgan fingerprint density at radius 1 is 1.21 bits per heavy atom. The maximum atomic E-state index is 10.3. The lowest BCUT2D eigenvalue weighted by Crippen LogP contribution is -2.21. The molecular formula is C12H16O2. The molecule has 1 N–H and O–H groups in total. The summed E-state index contributed by atoms with van der Waals surface area (Å²) in [5.41, 5.74) is -0.828. The van der Waals surface area contributed by atoms with Gasteiger partial charge in [-0.05, 0) is 31.2 Å². The first-order valence-corrected chi connectivity index (χ1v) is 4.71. The van der Waals surface area contributed by atoms with E-state index in [1.165, 1.54) is 17.4 Å². The van der Waals surface area contributed by atoms with Gasteiger partial charge in [-0.2, -0.15) is 0 Å². The van der Waals surface area contributed by atoms with Crippen LogP contribution in [-0.4, -0.2) is 16.5 Å². The number of benzene rings is 1. The fourth-order valence-electron chi connectivity index (χ4n) is 1.27. The predicted molar refractivity (Wildman–Crippen MR) is 55.7 cm³/mol. The number of carbonyl (C=O) groups excluding carboxylic acids is 1. The second-order valence-corrected chi connectivity index (χ2v) is 4.27. The average molecular weight is 192 g/mol. The molecule has 0 heterocycles. The quantitative estimate of drug-likeness (QED) is 0.790. The molecule has 0 spiro atoms. The Hall–Kier alpha value is -1.15. The minimum atomic E-state index is -0.828. The highest BCUT2D eigenvalue weighted by Gasteiger charge is 2.13. The van der Waals surface area contributed by atoms with E-state index in [0.717, 1.165) is 0 Å². The minimum Gasteiger partial charge on any atom is -0.390 e. The number of aliphatic hydroxyl groups is 1. The summed E-state index contributed by atoms with van der Waals surface area (Å²) < 4.78 is 0. The van der Waals surface area contributed by atoms with Gasteiger partial charge in [0.1, 0.15) is 5.78 Å². The lowest BCUT2D eigenvalue weighted by Gasteiger charge is -2.13. The summed E-state index contributed by atoms with van der Waals surface area (Å²) in [6.07, 6.45) is 0.243. The van der Waals surface area contributed by atoms with E-state index in [-0.39, 0.29) is 12.2 Å². The zero-order chi connectivity index (χ0) is 10.8. The molecule has 0 aromatic carbocycles. The molecule has 0 bridgehead atoms. The summed E-state index contributed by atoms with van der Waals surface area (Å²) in [6, 6.07) is 8.48. The van der Waals surface area contributed by atoms with Gasteiger partial charge in [0.15, 0.2) is 0 Å². The first kappa shape index (κ1) is 10.9. The van der Waals surface area contributed by atoms with E-state index in [1.807, 2.05) is 0 Å². The van der Waals surface area contributed by atoms with Crippen molar-refractivity contribution in [1.82, 2.24) is 0 Å². The van der Waals surface area contributed by atoms with Gasteiger partial charge in [-0.1, -0.05) is 24.3 Å². The van der Waals surface area contributed by atoms with E-state index in [4.69, 9.17) is 5.11 Å². The van der Waals surface area contributed by atoms with Gasteiger partial charge in [0, 0.05) is 6.42 Å². The van der Waals surface area contributed by atoms with E-state index < -0.39 is 5.60 Å². The third kappa shape index (κ3) is 3.30. The Balaban J connectivity index is 0.000000143. The molecule has 0 atom stereocenters. The molecule has 0 fully saturated rings. The topological polar surface area (TPSA) is 37.3 Å².